The average Bonchev–Trinajstić information content (AvgIpc) is 2.98. The smallest absolute Gasteiger partial charge is 0.253 e. The van der Waals surface area contributed by atoms with E-state index in [1.165, 1.54) is 6.92 Å². The first kappa shape index (κ1) is 18.9. The zero-order chi connectivity index (χ0) is 19.4. The van der Waals surface area contributed by atoms with E-state index in [0.717, 1.165) is 29.9 Å². The highest BCUT2D eigenvalue weighted by molar-refractivity contribution is 5.94. The molecule has 0 bridgehead atoms. The molecule has 7 nitrogen and oxygen atoms in total. The van der Waals surface area contributed by atoms with E-state index in [-0.39, 0.29) is 17.9 Å². The van der Waals surface area contributed by atoms with E-state index in [0.29, 0.717) is 31.0 Å². The van der Waals surface area contributed by atoms with Gasteiger partial charge in [-0.3, -0.25) is 9.59 Å². The number of likely N-dealkylation sites (tertiary alicyclic amines) is 1. The van der Waals surface area contributed by atoms with Gasteiger partial charge in [-0.25, -0.2) is 0 Å². The van der Waals surface area contributed by atoms with E-state index in [4.69, 9.17) is 9.26 Å². The minimum atomic E-state index is -0.0213. The molecule has 0 saturated carbocycles. The maximum atomic E-state index is 12.7. The standard InChI is InChI=1S/C20H25N3O4/c1-13-19(14(2)27-22-13)12-26-18-6-4-16(5-7-18)20(25)23-10-8-17(9-11-23)21-15(3)24/h4-7,17H,8-12H2,1-3H3,(H,21,24). The molecule has 7 heteroatoms. The van der Waals surface area contributed by atoms with E-state index < -0.39 is 0 Å². The summed E-state index contributed by atoms with van der Waals surface area (Å²) in [5, 5.41) is 6.83. The highest BCUT2D eigenvalue weighted by Crippen LogP contribution is 2.20. The molecular formula is C20H25N3O4. The van der Waals surface area contributed by atoms with Gasteiger partial charge in [0.15, 0.2) is 0 Å². The summed E-state index contributed by atoms with van der Waals surface area (Å²) >= 11 is 0. The van der Waals surface area contributed by atoms with Crippen molar-refractivity contribution in [3.05, 3.63) is 46.8 Å². The second-order valence-electron chi connectivity index (χ2n) is 6.88. The van der Waals surface area contributed by atoms with Crippen LogP contribution in [-0.2, 0) is 11.4 Å². The number of aromatic nitrogens is 1. The van der Waals surface area contributed by atoms with Gasteiger partial charge in [0.05, 0.1) is 11.3 Å². The first-order chi connectivity index (χ1) is 12.9. The van der Waals surface area contributed by atoms with Crippen molar-refractivity contribution in [1.82, 2.24) is 15.4 Å². The van der Waals surface area contributed by atoms with Crippen molar-refractivity contribution in [2.75, 3.05) is 13.1 Å². The van der Waals surface area contributed by atoms with Gasteiger partial charge in [-0.05, 0) is 51.0 Å². The molecule has 2 heterocycles. The first-order valence-electron chi connectivity index (χ1n) is 9.15. The highest BCUT2D eigenvalue weighted by atomic mass is 16.5. The fourth-order valence-electron chi connectivity index (χ4n) is 3.25. The maximum Gasteiger partial charge on any atom is 0.253 e. The van der Waals surface area contributed by atoms with Crippen LogP contribution in [0, 0.1) is 13.8 Å². The lowest BCUT2D eigenvalue weighted by Gasteiger charge is -2.32. The summed E-state index contributed by atoms with van der Waals surface area (Å²) in [6.45, 7) is 6.93. The third-order valence-corrected chi connectivity index (χ3v) is 4.86. The van der Waals surface area contributed by atoms with Gasteiger partial charge in [-0.1, -0.05) is 5.16 Å². The minimum Gasteiger partial charge on any atom is -0.489 e. The predicted octanol–water partition coefficient (Wildman–Crippen LogP) is 2.61. The summed E-state index contributed by atoms with van der Waals surface area (Å²) in [6.07, 6.45) is 1.56. The van der Waals surface area contributed by atoms with Crippen molar-refractivity contribution in [3.63, 3.8) is 0 Å². The molecule has 0 radical (unpaired) electrons. The summed E-state index contributed by atoms with van der Waals surface area (Å²) in [4.78, 5) is 25.6. The van der Waals surface area contributed by atoms with Gasteiger partial charge >= 0.3 is 0 Å². The largest absolute Gasteiger partial charge is 0.489 e. The lowest BCUT2D eigenvalue weighted by Crippen LogP contribution is -2.46. The predicted molar refractivity (Wildman–Crippen MR) is 99.5 cm³/mol. The van der Waals surface area contributed by atoms with Crippen LogP contribution in [0.1, 0.15) is 47.1 Å². The summed E-state index contributed by atoms with van der Waals surface area (Å²) < 4.78 is 10.9. The van der Waals surface area contributed by atoms with E-state index in [1.54, 1.807) is 24.3 Å². The molecular weight excluding hydrogens is 346 g/mol. The first-order valence-corrected chi connectivity index (χ1v) is 9.15. The molecule has 0 aliphatic carbocycles. The van der Waals surface area contributed by atoms with Crippen LogP contribution in [0.25, 0.3) is 0 Å². The van der Waals surface area contributed by atoms with Gasteiger partial charge in [0.1, 0.15) is 18.1 Å². The van der Waals surface area contributed by atoms with Crippen LogP contribution >= 0.6 is 0 Å². The molecule has 3 rings (SSSR count). The zero-order valence-electron chi connectivity index (χ0n) is 15.9. The summed E-state index contributed by atoms with van der Waals surface area (Å²) in [5.41, 5.74) is 2.40. The number of nitrogens with zero attached hydrogens (tertiary/aromatic N) is 2. The third-order valence-electron chi connectivity index (χ3n) is 4.86. The molecule has 1 saturated heterocycles. The molecule has 1 aromatic carbocycles. The Bertz CT molecular complexity index is 786. The topological polar surface area (TPSA) is 84.7 Å². The molecule has 144 valence electrons. The zero-order valence-corrected chi connectivity index (χ0v) is 15.9. The van der Waals surface area contributed by atoms with Gasteiger partial charge in [0.25, 0.3) is 5.91 Å². The monoisotopic (exact) mass is 371 g/mol. The molecule has 2 amide bonds. The van der Waals surface area contributed by atoms with Crippen molar-refractivity contribution >= 4 is 11.8 Å². The Hall–Kier alpha value is -2.83. The van der Waals surface area contributed by atoms with Crippen LogP contribution in [0.5, 0.6) is 5.75 Å². The van der Waals surface area contributed by atoms with Gasteiger partial charge in [0.2, 0.25) is 5.91 Å². The molecule has 1 aliphatic heterocycles. The Morgan fingerprint density at radius 2 is 1.89 bits per heavy atom. The van der Waals surface area contributed by atoms with Crippen molar-refractivity contribution < 1.29 is 18.8 Å². The molecule has 1 fully saturated rings. The molecule has 27 heavy (non-hydrogen) atoms. The van der Waals surface area contributed by atoms with Crippen LogP contribution in [0.4, 0.5) is 0 Å². The van der Waals surface area contributed by atoms with Crippen LogP contribution < -0.4 is 10.1 Å². The molecule has 1 aliphatic rings. The maximum absolute atomic E-state index is 12.7. The number of benzene rings is 1. The van der Waals surface area contributed by atoms with Crippen molar-refractivity contribution in [3.8, 4) is 5.75 Å². The normalized spacial score (nSPS) is 14.9. The number of hydrogen-bond donors (Lipinski definition) is 1. The van der Waals surface area contributed by atoms with Crippen LogP contribution in [0.15, 0.2) is 28.8 Å². The molecule has 0 unspecified atom stereocenters. The number of rotatable bonds is 5. The van der Waals surface area contributed by atoms with Crippen LogP contribution in [0.3, 0.4) is 0 Å². The average molecular weight is 371 g/mol. The summed E-state index contributed by atoms with van der Waals surface area (Å²) in [6, 6.07) is 7.33. The highest BCUT2D eigenvalue weighted by Gasteiger charge is 2.24. The fourth-order valence-corrected chi connectivity index (χ4v) is 3.25. The number of ether oxygens (including phenoxy) is 1. The van der Waals surface area contributed by atoms with Crippen molar-refractivity contribution in [2.45, 2.75) is 46.3 Å². The Morgan fingerprint density at radius 3 is 2.44 bits per heavy atom. The van der Waals surface area contributed by atoms with Gasteiger partial charge < -0.3 is 19.5 Å². The quantitative estimate of drug-likeness (QED) is 0.873. The van der Waals surface area contributed by atoms with Crippen LogP contribution in [-0.4, -0.2) is 41.0 Å². The van der Waals surface area contributed by atoms with Gasteiger partial charge in [0, 0.05) is 31.6 Å². The summed E-state index contributed by atoms with van der Waals surface area (Å²) in [7, 11) is 0. The van der Waals surface area contributed by atoms with E-state index in [2.05, 4.69) is 10.5 Å². The van der Waals surface area contributed by atoms with E-state index in [1.807, 2.05) is 18.7 Å². The van der Waals surface area contributed by atoms with Gasteiger partial charge in [-0.2, -0.15) is 0 Å². The number of aryl methyl sites for hydroxylation is 2. The summed E-state index contributed by atoms with van der Waals surface area (Å²) in [5.74, 6) is 1.43. The Labute approximate surface area is 158 Å². The number of piperidine rings is 1. The molecule has 2 aromatic rings. The third kappa shape index (κ3) is 4.67. The Morgan fingerprint density at radius 1 is 1.22 bits per heavy atom. The number of amides is 2. The Balaban J connectivity index is 1.54. The lowest BCUT2D eigenvalue weighted by atomic mass is 10.0. The Kier molecular flexibility index (Phi) is 5.78. The van der Waals surface area contributed by atoms with E-state index >= 15 is 0 Å². The van der Waals surface area contributed by atoms with Crippen molar-refractivity contribution in [2.24, 2.45) is 0 Å². The second-order valence-corrected chi connectivity index (χ2v) is 6.88. The van der Waals surface area contributed by atoms with Crippen LogP contribution in [0.2, 0.25) is 0 Å². The molecule has 1 aromatic heterocycles. The van der Waals surface area contributed by atoms with E-state index in [9.17, 15) is 9.59 Å². The molecule has 0 atom stereocenters. The molecule has 1 N–H and O–H groups in total. The lowest BCUT2D eigenvalue weighted by molar-refractivity contribution is -0.119. The number of hydrogen-bond acceptors (Lipinski definition) is 5. The SMILES string of the molecule is CC(=O)NC1CCN(C(=O)c2ccc(OCc3c(C)noc3C)cc2)CC1. The number of carbonyl (C=O) groups is 2. The second kappa shape index (κ2) is 8.24. The van der Waals surface area contributed by atoms with Gasteiger partial charge in [-0.15, -0.1) is 0 Å². The minimum absolute atomic E-state index is 0.00792. The fraction of sp³-hybridized carbons (Fsp3) is 0.450. The van der Waals surface area contributed by atoms with Crippen molar-refractivity contribution in [1.29, 1.82) is 0 Å². The number of carbonyl (C=O) groups excluding carboxylic acids is 2. The number of nitrogens with one attached hydrogen (secondary N) is 1. The molecule has 0 spiro atoms.